The number of ether oxygens (including phenoxy) is 1. The summed E-state index contributed by atoms with van der Waals surface area (Å²) >= 11 is 0. The summed E-state index contributed by atoms with van der Waals surface area (Å²) in [7, 11) is 0. The molecule has 1 fully saturated rings. The molecule has 1 atom stereocenters. The van der Waals surface area contributed by atoms with E-state index in [9.17, 15) is 19.2 Å². The van der Waals surface area contributed by atoms with Gasteiger partial charge in [0, 0.05) is 18.5 Å². The van der Waals surface area contributed by atoms with E-state index in [4.69, 9.17) is 9.84 Å². The highest BCUT2D eigenvalue weighted by molar-refractivity contribution is 6.03. The van der Waals surface area contributed by atoms with Gasteiger partial charge in [-0.1, -0.05) is 44.2 Å². The second-order valence-corrected chi connectivity index (χ2v) is 7.61. The minimum atomic E-state index is -1.06. The SMILES string of the molecule is CCC1(CC)C(=O)N(C(=O)NCCC(=O)c2ccccc2)C1Oc1ccc(C(=O)O)cc1. The maximum atomic E-state index is 12.9. The first-order valence-electron chi connectivity index (χ1n) is 10.5. The number of rotatable bonds is 9. The van der Waals surface area contributed by atoms with E-state index in [1.807, 2.05) is 19.9 Å². The van der Waals surface area contributed by atoms with Crippen LogP contribution in [0.5, 0.6) is 5.75 Å². The van der Waals surface area contributed by atoms with Crippen molar-refractivity contribution >= 4 is 23.7 Å². The zero-order chi connectivity index (χ0) is 23.3. The Balaban J connectivity index is 1.67. The van der Waals surface area contributed by atoms with Crippen LogP contribution in [0.4, 0.5) is 4.79 Å². The molecular weight excluding hydrogens is 412 g/mol. The summed E-state index contributed by atoms with van der Waals surface area (Å²) in [4.78, 5) is 49.9. The molecule has 168 valence electrons. The highest BCUT2D eigenvalue weighted by Crippen LogP contribution is 2.46. The Hall–Kier alpha value is -3.68. The number of hydrogen-bond acceptors (Lipinski definition) is 5. The van der Waals surface area contributed by atoms with Crippen molar-refractivity contribution in [1.29, 1.82) is 0 Å². The smallest absolute Gasteiger partial charge is 0.335 e. The average molecular weight is 438 g/mol. The van der Waals surface area contributed by atoms with Crippen LogP contribution in [0.25, 0.3) is 0 Å². The zero-order valence-electron chi connectivity index (χ0n) is 18.0. The summed E-state index contributed by atoms with van der Waals surface area (Å²) in [6, 6.07) is 13.9. The van der Waals surface area contributed by atoms with Crippen LogP contribution in [0, 0.1) is 5.41 Å². The van der Waals surface area contributed by atoms with E-state index < -0.39 is 23.6 Å². The molecule has 0 saturated carbocycles. The van der Waals surface area contributed by atoms with Gasteiger partial charge >= 0.3 is 12.0 Å². The average Bonchev–Trinajstić information content (AvgIpc) is 2.80. The second-order valence-electron chi connectivity index (χ2n) is 7.61. The number of amides is 3. The number of carboxylic acids is 1. The molecule has 8 heteroatoms. The van der Waals surface area contributed by atoms with Crippen LogP contribution in [0.15, 0.2) is 54.6 Å². The molecule has 1 saturated heterocycles. The number of carbonyl (C=O) groups is 4. The molecule has 0 bridgehead atoms. The van der Waals surface area contributed by atoms with Gasteiger partial charge in [-0.3, -0.25) is 9.59 Å². The predicted molar refractivity (Wildman–Crippen MR) is 116 cm³/mol. The van der Waals surface area contributed by atoms with E-state index in [0.717, 1.165) is 4.90 Å². The molecule has 1 aliphatic rings. The lowest BCUT2D eigenvalue weighted by molar-refractivity contribution is -0.190. The van der Waals surface area contributed by atoms with E-state index in [1.54, 1.807) is 24.3 Å². The number of nitrogens with one attached hydrogen (secondary N) is 1. The van der Waals surface area contributed by atoms with Crippen molar-refractivity contribution in [3.8, 4) is 5.75 Å². The van der Waals surface area contributed by atoms with Crippen LogP contribution in [0.1, 0.15) is 53.8 Å². The first-order valence-corrected chi connectivity index (χ1v) is 10.5. The lowest BCUT2D eigenvalue weighted by Crippen LogP contribution is -2.73. The van der Waals surface area contributed by atoms with Crippen molar-refractivity contribution in [2.45, 2.75) is 39.3 Å². The number of carbonyl (C=O) groups excluding carboxylic acids is 3. The molecule has 1 aliphatic heterocycles. The fraction of sp³-hybridized carbons (Fsp3) is 0.333. The van der Waals surface area contributed by atoms with Gasteiger partial charge in [-0.15, -0.1) is 0 Å². The number of urea groups is 1. The Bertz CT molecular complexity index is 999. The first kappa shape index (κ1) is 23.0. The molecule has 0 aromatic heterocycles. The third-order valence-corrected chi connectivity index (χ3v) is 5.91. The highest BCUT2D eigenvalue weighted by atomic mass is 16.5. The summed E-state index contributed by atoms with van der Waals surface area (Å²) in [6.45, 7) is 3.81. The molecule has 3 amide bonds. The van der Waals surface area contributed by atoms with Crippen LogP contribution in [-0.4, -0.2) is 46.5 Å². The molecule has 2 N–H and O–H groups in total. The minimum Gasteiger partial charge on any atom is -0.478 e. The number of hydrogen-bond donors (Lipinski definition) is 2. The highest BCUT2D eigenvalue weighted by Gasteiger charge is 2.62. The van der Waals surface area contributed by atoms with Crippen molar-refractivity contribution in [1.82, 2.24) is 10.2 Å². The Morgan fingerprint density at radius 3 is 2.19 bits per heavy atom. The van der Waals surface area contributed by atoms with Crippen LogP contribution in [-0.2, 0) is 4.79 Å². The summed E-state index contributed by atoms with van der Waals surface area (Å²) in [5.41, 5.74) is -0.177. The maximum Gasteiger partial charge on any atom is 0.335 e. The quantitative estimate of drug-likeness (QED) is 0.456. The summed E-state index contributed by atoms with van der Waals surface area (Å²) < 4.78 is 5.97. The number of nitrogens with zero attached hydrogens (tertiary/aromatic N) is 1. The van der Waals surface area contributed by atoms with Crippen molar-refractivity contribution in [2.75, 3.05) is 6.54 Å². The largest absolute Gasteiger partial charge is 0.478 e. The van der Waals surface area contributed by atoms with Crippen molar-refractivity contribution in [2.24, 2.45) is 5.41 Å². The summed E-state index contributed by atoms with van der Waals surface area (Å²) in [6.07, 6.45) is 0.241. The number of β-lactam (4-membered cyclic amide) rings is 1. The zero-order valence-corrected chi connectivity index (χ0v) is 18.0. The molecule has 2 aromatic rings. The van der Waals surface area contributed by atoms with E-state index in [2.05, 4.69) is 5.32 Å². The lowest BCUT2D eigenvalue weighted by Gasteiger charge is -2.53. The van der Waals surface area contributed by atoms with Crippen LogP contribution < -0.4 is 10.1 Å². The third kappa shape index (κ3) is 4.34. The maximum absolute atomic E-state index is 12.9. The number of ketones is 1. The summed E-state index contributed by atoms with van der Waals surface area (Å²) in [5, 5.41) is 11.7. The molecule has 3 rings (SSSR count). The van der Waals surface area contributed by atoms with Crippen LogP contribution in [0.3, 0.4) is 0 Å². The molecule has 0 aliphatic carbocycles. The van der Waals surface area contributed by atoms with Gasteiger partial charge in [0.2, 0.25) is 5.91 Å². The third-order valence-electron chi connectivity index (χ3n) is 5.91. The number of carboxylic acid groups (broad SMARTS) is 1. The summed E-state index contributed by atoms with van der Waals surface area (Å²) in [5.74, 6) is -1.14. The Labute approximate surface area is 186 Å². The minimum absolute atomic E-state index is 0.0849. The van der Waals surface area contributed by atoms with Crippen molar-refractivity contribution < 1.29 is 29.0 Å². The van der Waals surface area contributed by atoms with Gasteiger partial charge in [0.25, 0.3) is 0 Å². The fourth-order valence-electron chi connectivity index (χ4n) is 3.84. The number of aromatic carboxylic acids is 1. The van der Waals surface area contributed by atoms with Gasteiger partial charge in [-0.05, 0) is 37.1 Å². The van der Waals surface area contributed by atoms with Gasteiger partial charge in [0.1, 0.15) is 11.2 Å². The van der Waals surface area contributed by atoms with Gasteiger partial charge < -0.3 is 15.2 Å². The molecule has 32 heavy (non-hydrogen) atoms. The number of likely N-dealkylation sites (tertiary alicyclic amines) is 1. The number of imide groups is 1. The van der Waals surface area contributed by atoms with Gasteiger partial charge in [0.15, 0.2) is 12.0 Å². The first-order chi connectivity index (χ1) is 15.3. The standard InChI is InChI=1S/C24H26N2O6/c1-3-24(4-2)21(30)26(22(24)32-18-12-10-17(11-13-18)20(28)29)23(31)25-15-14-19(27)16-8-6-5-7-9-16/h5-13,22H,3-4,14-15H2,1-2H3,(H,25,31)(H,28,29). The van der Waals surface area contributed by atoms with Crippen LogP contribution in [0.2, 0.25) is 0 Å². The fourth-order valence-corrected chi connectivity index (χ4v) is 3.84. The molecule has 1 unspecified atom stereocenters. The Morgan fingerprint density at radius 1 is 1.00 bits per heavy atom. The van der Waals surface area contributed by atoms with E-state index >= 15 is 0 Å². The lowest BCUT2D eigenvalue weighted by atomic mass is 9.72. The second kappa shape index (κ2) is 9.64. The topological polar surface area (TPSA) is 113 Å². The van der Waals surface area contributed by atoms with Gasteiger partial charge in [0.05, 0.1) is 5.56 Å². The molecule has 0 radical (unpaired) electrons. The van der Waals surface area contributed by atoms with Crippen LogP contribution >= 0.6 is 0 Å². The van der Waals surface area contributed by atoms with E-state index in [0.29, 0.717) is 24.2 Å². The molecular formula is C24H26N2O6. The van der Waals surface area contributed by atoms with Crippen molar-refractivity contribution in [3.63, 3.8) is 0 Å². The molecule has 2 aromatic carbocycles. The number of benzene rings is 2. The van der Waals surface area contributed by atoms with E-state index in [-0.39, 0.29) is 30.2 Å². The monoisotopic (exact) mass is 438 g/mol. The number of Topliss-reactive ketones (excluding diaryl/α,β-unsaturated/α-hetero) is 1. The van der Waals surface area contributed by atoms with Gasteiger partial charge in [-0.25, -0.2) is 14.5 Å². The Morgan fingerprint density at radius 2 is 1.62 bits per heavy atom. The molecule has 8 nitrogen and oxygen atoms in total. The normalized spacial score (nSPS) is 16.8. The van der Waals surface area contributed by atoms with E-state index in [1.165, 1.54) is 24.3 Å². The molecule has 1 heterocycles. The van der Waals surface area contributed by atoms with Gasteiger partial charge in [-0.2, -0.15) is 0 Å². The Kier molecular flexibility index (Phi) is 6.92. The van der Waals surface area contributed by atoms with Crippen molar-refractivity contribution in [3.05, 3.63) is 65.7 Å². The predicted octanol–water partition coefficient (Wildman–Crippen LogP) is 3.72. The molecule has 0 spiro atoms.